The van der Waals surface area contributed by atoms with Gasteiger partial charge in [0.2, 0.25) is 5.91 Å². The van der Waals surface area contributed by atoms with Crippen LogP contribution in [0.3, 0.4) is 0 Å². The summed E-state index contributed by atoms with van der Waals surface area (Å²) in [7, 11) is 0. The maximum Gasteiger partial charge on any atom is 0.252 e. The molecule has 158 valence electrons. The van der Waals surface area contributed by atoms with Crippen LogP contribution < -0.4 is 10.2 Å². The quantitative estimate of drug-likeness (QED) is 0.534. The molecule has 0 unspecified atom stereocenters. The van der Waals surface area contributed by atoms with E-state index in [2.05, 4.69) is 25.3 Å². The molecule has 1 aromatic carbocycles. The number of aryl methyl sites for hydroxylation is 2. The summed E-state index contributed by atoms with van der Waals surface area (Å²) >= 11 is 0. The van der Waals surface area contributed by atoms with Gasteiger partial charge in [-0.1, -0.05) is 12.1 Å². The molecule has 0 atom stereocenters. The summed E-state index contributed by atoms with van der Waals surface area (Å²) in [4.78, 5) is 33.2. The molecule has 3 aromatic heterocycles. The highest BCUT2D eigenvalue weighted by Crippen LogP contribution is 2.28. The lowest BCUT2D eigenvalue weighted by atomic mass is 10.1. The third-order valence-corrected chi connectivity index (χ3v) is 5.81. The van der Waals surface area contributed by atoms with E-state index in [1.165, 1.54) is 6.33 Å². The van der Waals surface area contributed by atoms with E-state index in [-0.39, 0.29) is 5.91 Å². The molecule has 4 heterocycles. The van der Waals surface area contributed by atoms with Crippen molar-refractivity contribution in [1.82, 2.24) is 29.5 Å². The molecule has 0 aliphatic carbocycles. The number of carbonyl (C=O) groups is 1. The fourth-order valence-corrected chi connectivity index (χ4v) is 4.17. The second-order valence-electron chi connectivity index (χ2n) is 7.86. The van der Waals surface area contributed by atoms with Gasteiger partial charge in [-0.15, -0.1) is 0 Å². The van der Waals surface area contributed by atoms with Gasteiger partial charge in [0.15, 0.2) is 11.6 Å². The van der Waals surface area contributed by atoms with Crippen molar-refractivity contribution in [2.45, 2.75) is 39.5 Å². The largest absolute Gasteiger partial charge is 0.354 e. The van der Waals surface area contributed by atoms with Crippen molar-refractivity contribution in [3.05, 3.63) is 47.5 Å². The monoisotopic (exact) mass is 416 g/mol. The van der Waals surface area contributed by atoms with E-state index in [4.69, 9.17) is 9.97 Å². The first-order valence-electron chi connectivity index (χ1n) is 10.6. The number of carbonyl (C=O) groups excluding carboxylic acids is 1. The van der Waals surface area contributed by atoms with Crippen molar-refractivity contribution in [3.63, 3.8) is 0 Å². The lowest BCUT2D eigenvalue weighted by molar-refractivity contribution is -0.116. The molecule has 9 nitrogen and oxygen atoms in total. The van der Waals surface area contributed by atoms with E-state index in [1.54, 1.807) is 4.52 Å². The number of benzene rings is 1. The normalized spacial score (nSPS) is 13.9. The van der Waals surface area contributed by atoms with Crippen LogP contribution in [0.1, 0.15) is 36.2 Å². The van der Waals surface area contributed by atoms with Gasteiger partial charge >= 0.3 is 0 Å². The number of aromatic nitrogens is 6. The molecule has 0 radical (unpaired) electrons. The van der Waals surface area contributed by atoms with E-state index >= 15 is 0 Å². The second-order valence-corrected chi connectivity index (χ2v) is 7.86. The van der Waals surface area contributed by atoms with Crippen LogP contribution in [-0.4, -0.2) is 48.5 Å². The molecule has 5 rings (SSSR count). The number of hydrogen-bond acceptors (Lipinski definition) is 7. The van der Waals surface area contributed by atoms with Gasteiger partial charge in [0.1, 0.15) is 6.33 Å². The van der Waals surface area contributed by atoms with Gasteiger partial charge in [0.05, 0.1) is 11.0 Å². The lowest BCUT2D eigenvalue weighted by Gasteiger charge is -2.20. The van der Waals surface area contributed by atoms with Crippen LogP contribution in [0.25, 0.3) is 16.8 Å². The third kappa shape index (κ3) is 3.67. The van der Waals surface area contributed by atoms with Crippen LogP contribution in [0.2, 0.25) is 0 Å². The molecule has 31 heavy (non-hydrogen) atoms. The topological polar surface area (TPSA) is 101 Å². The van der Waals surface area contributed by atoms with Crippen molar-refractivity contribution >= 4 is 34.4 Å². The zero-order valence-corrected chi connectivity index (χ0v) is 17.7. The van der Waals surface area contributed by atoms with Crippen molar-refractivity contribution in [2.75, 3.05) is 23.3 Å². The van der Waals surface area contributed by atoms with Crippen molar-refractivity contribution in [3.8, 4) is 0 Å². The van der Waals surface area contributed by atoms with E-state index in [1.807, 2.05) is 38.1 Å². The fraction of sp³-hybridized carbons (Fsp3) is 0.364. The number of rotatable bonds is 5. The van der Waals surface area contributed by atoms with Crippen LogP contribution in [0.5, 0.6) is 0 Å². The summed E-state index contributed by atoms with van der Waals surface area (Å²) in [5.74, 6) is 1.76. The highest BCUT2D eigenvalue weighted by atomic mass is 16.1. The Morgan fingerprint density at radius 2 is 1.81 bits per heavy atom. The first-order chi connectivity index (χ1) is 15.1. The van der Waals surface area contributed by atoms with Gasteiger partial charge in [0, 0.05) is 30.9 Å². The number of nitrogens with one attached hydrogen (secondary N) is 1. The summed E-state index contributed by atoms with van der Waals surface area (Å²) in [6, 6.07) is 7.74. The molecule has 0 bridgehead atoms. The van der Waals surface area contributed by atoms with Crippen LogP contribution in [-0.2, 0) is 11.2 Å². The first kappa shape index (κ1) is 19.3. The Morgan fingerprint density at radius 1 is 1.06 bits per heavy atom. The zero-order valence-electron chi connectivity index (χ0n) is 17.7. The Balaban J connectivity index is 1.38. The van der Waals surface area contributed by atoms with Crippen molar-refractivity contribution in [1.29, 1.82) is 0 Å². The summed E-state index contributed by atoms with van der Waals surface area (Å²) in [5.41, 5.74) is 4.44. The van der Waals surface area contributed by atoms with E-state index < -0.39 is 0 Å². The Bertz CT molecular complexity index is 1280. The predicted molar refractivity (Wildman–Crippen MR) is 118 cm³/mol. The van der Waals surface area contributed by atoms with E-state index in [0.717, 1.165) is 59.7 Å². The number of hydrogen-bond donors (Lipinski definition) is 1. The predicted octanol–water partition coefficient (Wildman–Crippen LogP) is 2.86. The minimum atomic E-state index is -0.0949. The molecular weight excluding hydrogens is 392 g/mol. The Labute approximate surface area is 179 Å². The molecule has 4 aromatic rings. The number of nitrogens with zero attached hydrogens (tertiary/aromatic N) is 7. The molecule has 1 amide bonds. The highest BCUT2D eigenvalue weighted by Gasteiger charge is 2.21. The fourth-order valence-electron chi connectivity index (χ4n) is 4.17. The molecule has 1 fully saturated rings. The van der Waals surface area contributed by atoms with Gasteiger partial charge in [-0.05, 0) is 50.8 Å². The van der Waals surface area contributed by atoms with E-state index in [9.17, 15) is 4.79 Å². The smallest absolute Gasteiger partial charge is 0.252 e. The third-order valence-electron chi connectivity index (χ3n) is 5.81. The number of amides is 1. The molecule has 0 spiro atoms. The summed E-state index contributed by atoms with van der Waals surface area (Å²) in [6.45, 7) is 5.77. The average Bonchev–Trinajstić information content (AvgIpc) is 3.45. The van der Waals surface area contributed by atoms with Crippen LogP contribution in [0, 0.1) is 13.8 Å². The van der Waals surface area contributed by atoms with Crippen LogP contribution in [0.15, 0.2) is 30.6 Å². The highest BCUT2D eigenvalue weighted by molar-refractivity contribution is 5.94. The lowest BCUT2D eigenvalue weighted by Crippen LogP contribution is -2.23. The number of para-hydroxylation sites is 2. The second kappa shape index (κ2) is 7.90. The number of fused-ring (bicyclic) bond motifs is 2. The van der Waals surface area contributed by atoms with Crippen molar-refractivity contribution in [2.24, 2.45) is 0 Å². The van der Waals surface area contributed by atoms with Gasteiger partial charge in [-0.25, -0.2) is 19.5 Å². The number of anilines is 2. The maximum atomic E-state index is 12.9. The molecule has 1 saturated heterocycles. The SMILES string of the molecule is Cc1nc2ncnn2c(C)c1CCC(=O)Nc1nc2ccccc2nc1N1CCCC1. The Kier molecular flexibility index (Phi) is 4.93. The minimum Gasteiger partial charge on any atom is -0.354 e. The Morgan fingerprint density at radius 3 is 2.58 bits per heavy atom. The van der Waals surface area contributed by atoms with E-state index in [0.29, 0.717) is 24.4 Å². The molecule has 0 saturated carbocycles. The van der Waals surface area contributed by atoms with Gasteiger partial charge < -0.3 is 10.2 Å². The minimum absolute atomic E-state index is 0.0949. The van der Waals surface area contributed by atoms with Gasteiger partial charge in [0.25, 0.3) is 5.78 Å². The van der Waals surface area contributed by atoms with Gasteiger partial charge in [-0.2, -0.15) is 10.1 Å². The summed E-state index contributed by atoms with van der Waals surface area (Å²) in [6.07, 6.45) is 4.61. The molecule has 9 heteroatoms. The molecular formula is C22H24N8O. The van der Waals surface area contributed by atoms with Crippen molar-refractivity contribution < 1.29 is 4.79 Å². The first-order valence-corrected chi connectivity index (χ1v) is 10.6. The van der Waals surface area contributed by atoms with Gasteiger partial charge in [-0.3, -0.25) is 4.79 Å². The summed E-state index contributed by atoms with van der Waals surface area (Å²) in [5, 5.41) is 7.23. The molecule has 1 aliphatic heterocycles. The molecule has 1 aliphatic rings. The standard InChI is InChI=1S/C22H24N8O/c1-14-16(15(2)30-22(25-14)23-13-24-30)9-10-19(31)28-20-21(29-11-5-6-12-29)27-18-8-4-3-7-17(18)26-20/h3-4,7-8,13H,5-6,9-12H2,1-2H3,(H,26,28,31). The zero-order chi connectivity index (χ0) is 21.4. The Hall–Kier alpha value is -3.62. The van der Waals surface area contributed by atoms with Crippen LogP contribution in [0.4, 0.5) is 11.6 Å². The summed E-state index contributed by atoms with van der Waals surface area (Å²) < 4.78 is 1.71. The average molecular weight is 416 g/mol. The maximum absolute atomic E-state index is 12.9. The molecule has 1 N–H and O–H groups in total. The van der Waals surface area contributed by atoms with Crippen LogP contribution >= 0.6 is 0 Å².